The minimum atomic E-state index is -0.874. The minimum Gasteiger partial charge on any atom is -0.463 e. The molecule has 1 aliphatic heterocycles. The van der Waals surface area contributed by atoms with Crippen molar-refractivity contribution in [2.24, 2.45) is 0 Å². The number of amides is 2. The van der Waals surface area contributed by atoms with Gasteiger partial charge in [0.05, 0.1) is 29.7 Å². The van der Waals surface area contributed by atoms with Gasteiger partial charge in [-0.15, -0.1) is 0 Å². The van der Waals surface area contributed by atoms with E-state index < -0.39 is 16.9 Å². The number of nitrogens with one attached hydrogen (secondary N) is 2. The molecule has 0 aromatic heterocycles. The Bertz CT molecular complexity index is 1050. The van der Waals surface area contributed by atoms with E-state index >= 15 is 0 Å². The molecule has 0 saturated carbocycles. The van der Waals surface area contributed by atoms with Crippen LogP contribution < -0.4 is 10.6 Å². The first-order chi connectivity index (χ1) is 16.5. The number of benzene rings is 2. The second-order valence-corrected chi connectivity index (χ2v) is 7.92. The van der Waals surface area contributed by atoms with E-state index in [4.69, 9.17) is 4.74 Å². The van der Waals surface area contributed by atoms with Crippen molar-refractivity contribution in [3.05, 3.63) is 87.1 Å². The fraction of sp³-hybridized carbons (Fsp3) is 0.360. The Kier molecular flexibility index (Phi) is 8.75. The molecular formula is C25H30N4O5. The molecule has 1 atom stereocenters. The van der Waals surface area contributed by atoms with Crippen molar-refractivity contribution in [1.29, 1.82) is 0 Å². The summed E-state index contributed by atoms with van der Waals surface area (Å²) in [5, 5.41) is 17.5. The van der Waals surface area contributed by atoms with Crippen LogP contribution in [0.3, 0.4) is 0 Å². The van der Waals surface area contributed by atoms with Gasteiger partial charge < -0.3 is 15.4 Å². The van der Waals surface area contributed by atoms with Crippen LogP contribution in [-0.4, -0.2) is 41.5 Å². The largest absolute Gasteiger partial charge is 0.463 e. The summed E-state index contributed by atoms with van der Waals surface area (Å²) < 4.78 is 5.37. The quantitative estimate of drug-likeness (QED) is 0.223. The van der Waals surface area contributed by atoms with Gasteiger partial charge in [-0.2, -0.15) is 0 Å². The van der Waals surface area contributed by atoms with Crippen molar-refractivity contribution >= 4 is 17.7 Å². The first-order valence-corrected chi connectivity index (χ1v) is 11.4. The van der Waals surface area contributed by atoms with Gasteiger partial charge in [0.1, 0.15) is 0 Å². The lowest BCUT2D eigenvalue weighted by Gasteiger charge is -2.37. The number of ether oxygens (including phenoxy) is 1. The number of nitrogens with zero attached hydrogens (tertiary/aromatic N) is 2. The van der Waals surface area contributed by atoms with E-state index in [1.165, 1.54) is 23.1 Å². The molecule has 0 radical (unpaired) electrons. The molecule has 0 aliphatic carbocycles. The molecule has 0 spiro atoms. The molecule has 180 valence electrons. The topological polar surface area (TPSA) is 114 Å². The Hall–Kier alpha value is -3.72. The zero-order chi connectivity index (χ0) is 24.5. The minimum absolute atomic E-state index is 0.121. The fourth-order valence-electron chi connectivity index (χ4n) is 3.85. The lowest BCUT2D eigenvalue weighted by molar-refractivity contribution is -0.384. The van der Waals surface area contributed by atoms with Crippen molar-refractivity contribution in [2.45, 2.75) is 39.3 Å². The molecular weight excluding hydrogens is 436 g/mol. The van der Waals surface area contributed by atoms with Crippen molar-refractivity contribution in [1.82, 2.24) is 15.5 Å². The zero-order valence-corrected chi connectivity index (χ0v) is 19.5. The van der Waals surface area contributed by atoms with E-state index in [1.54, 1.807) is 13.0 Å². The molecule has 2 N–H and O–H groups in total. The maximum Gasteiger partial charge on any atom is 0.338 e. The highest BCUT2D eigenvalue weighted by atomic mass is 16.6. The molecule has 0 saturated heterocycles. The highest BCUT2D eigenvalue weighted by Gasteiger charge is 2.38. The first kappa shape index (κ1) is 24.9. The molecule has 1 heterocycles. The van der Waals surface area contributed by atoms with E-state index in [0.717, 1.165) is 24.9 Å². The summed E-state index contributed by atoms with van der Waals surface area (Å²) >= 11 is 0. The van der Waals surface area contributed by atoms with Gasteiger partial charge in [-0.25, -0.2) is 9.59 Å². The number of carbonyl (C=O) groups excluding carboxylic acids is 2. The van der Waals surface area contributed by atoms with Crippen LogP contribution in [0.15, 0.2) is 65.9 Å². The average molecular weight is 467 g/mol. The summed E-state index contributed by atoms with van der Waals surface area (Å²) in [6.45, 7) is 5.22. The van der Waals surface area contributed by atoms with Crippen molar-refractivity contribution < 1.29 is 19.2 Å². The SMILES string of the molecule is CCCCNCC1=C(C(=O)OCC)[C@H](c2cccc([N+](=O)[O-])c2)NC(=O)N1Cc1ccccc1. The molecule has 1 aliphatic rings. The number of esters is 1. The first-order valence-electron chi connectivity index (χ1n) is 11.4. The number of nitro groups is 1. The average Bonchev–Trinajstić information content (AvgIpc) is 2.84. The van der Waals surface area contributed by atoms with E-state index in [9.17, 15) is 19.7 Å². The summed E-state index contributed by atoms with van der Waals surface area (Å²) in [5.41, 5.74) is 1.99. The molecule has 0 bridgehead atoms. The van der Waals surface area contributed by atoms with Crippen LogP contribution in [0.1, 0.15) is 43.9 Å². The monoisotopic (exact) mass is 466 g/mol. The number of hydrogen-bond donors (Lipinski definition) is 2. The molecule has 34 heavy (non-hydrogen) atoms. The lowest BCUT2D eigenvalue weighted by atomic mass is 9.93. The Morgan fingerprint density at radius 2 is 1.94 bits per heavy atom. The Labute approximate surface area is 198 Å². The molecule has 9 heteroatoms. The predicted molar refractivity (Wildman–Crippen MR) is 128 cm³/mol. The summed E-state index contributed by atoms with van der Waals surface area (Å²) in [6, 6.07) is 14.2. The van der Waals surface area contributed by atoms with Gasteiger partial charge in [-0.1, -0.05) is 55.8 Å². The van der Waals surface area contributed by atoms with Crippen LogP contribution in [0.25, 0.3) is 0 Å². The van der Waals surface area contributed by atoms with Gasteiger partial charge in [0.2, 0.25) is 0 Å². The third kappa shape index (κ3) is 5.99. The van der Waals surface area contributed by atoms with Gasteiger partial charge >= 0.3 is 12.0 Å². The van der Waals surface area contributed by atoms with Crippen LogP contribution in [0.5, 0.6) is 0 Å². The van der Waals surface area contributed by atoms with E-state index in [0.29, 0.717) is 11.3 Å². The second-order valence-electron chi connectivity index (χ2n) is 7.92. The van der Waals surface area contributed by atoms with Gasteiger partial charge in [-0.3, -0.25) is 15.0 Å². The standard InChI is InChI=1S/C25H30N4O5/c1-3-5-14-26-16-21-22(24(30)34-4-2)23(19-12-9-13-20(15-19)29(32)33)27-25(31)28(21)17-18-10-7-6-8-11-18/h6-13,15,23,26H,3-5,14,16-17H2,1-2H3,(H,27,31)/t23-/m0/s1. The molecule has 9 nitrogen and oxygen atoms in total. The number of rotatable bonds is 11. The van der Waals surface area contributed by atoms with Crippen LogP contribution >= 0.6 is 0 Å². The van der Waals surface area contributed by atoms with E-state index in [-0.39, 0.29) is 37.0 Å². The summed E-state index contributed by atoms with van der Waals surface area (Å²) in [6.07, 6.45) is 1.95. The Balaban J connectivity index is 2.10. The van der Waals surface area contributed by atoms with Crippen LogP contribution in [0.2, 0.25) is 0 Å². The smallest absolute Gasteiger partial charge is 0.338 e. The number of non-ortho nitro benzene ring substituents is 1. The third-order valence-electron chi connectivity index (χ3n) is 5.53. The van der Waals surface area contributed by atoms with Crippen LogP contribution in [0.4, 0.5) is 10.5 Å². The van der Waals surface area contributed by atoms with Crippen LogP contribution in [0, 0.1) is 10.1 Å². The summed E-state index contributed by atoms with van der Waals surface area (Å²) in [7, 11) is 0. The number of nitro benzene ring substituents is 1. The Morgan fingerprint density at radius 3 is 2.62 bits per heavy atom. The number of urea groups is 1. The maximum absolute atomic E-state index is 13.3. The third-order valence-corrected chi connectivity index (χ3v) is 5.53. The zero-order valence-electron chi connectivity index (χ0n) is 19.5. The van der Waals surface area contributed by atoms with E-state index in [2.05, 4.69) is 17.6 Å². The summed E-state index contributed by atoms with van der Waals surface area (Å²) in [4.78, 5) is 38.8. The molecule has 0 unspecified atom stereocenters. The van der Waals surface area contributed by atoms with Gasteiger partial charge in [0.15, 0.2) is 0 Å². The Morgan fingerprint density at radius 1 is 1.18 bits per heavy atom. The fourth-order valence-corrected chi connectivity index (χ4v) is 3.85. The highest BCUT2D eigenvalue weighted by Crippen LogP contribution is 2.33. The highest BCUT2D eigenvalue weighted by molar-refractivity contribution is 5.95. The van der Waals surface area contributed by atoms with Crippen molar-refractivity contribution in [3.8, 4) is 0 Å². The second kappa shape index (κ2) is 11.9. The van der Waals surface area contributed by atoms with Crippen molar-refractivity contribution in [2.75, 3.05) is 19.7 Å². The maximum atomic E-state index is 13.3. The van der Waals surface area contributed by atoms with E-state index in [1.807, 2.05) is 30.3 Å². The van der Waals surface area contributed by atoms with Gasteiger partial charge in [0.25, 0.3) is 5.69 Å². The number of unbranched alkanes of at least 4 members (excludes halogenated alkanes) is 1. The molecule has 2 aromatic rings. The summed E-state index contributed by atoms with van der Waals surface area (Å²) in [5.74, 6) is -0.565. The predicted octanol–water partition coefficient (Wildman–Crippen LogP) is 4.07. The lowest BCUT2D eigenvalue weighted by Crippen LogP contribution is -2.50. The van der Waals surface area contributed by atoms with Crippen molar-refractivity contribution in [3.63, 3.8) is 0 Å². The molecule has 3 rings (SSSR count). The number of hydrogen-bond acceptors (Lipinski definition) is 6. The number of carbonyl (C=O) groups is 2. The normalized spacial score (nSPS) is 15.8. The van der Waals surface area contributed by atoms with Gasteiger partial charge in [-0.05, 0) is 31.0 Å². The molecule has 0 fully saturated rings. The van der Waals surface area contributed by atoms with Crippen LogP contribution in [-0.2, 0) is 16.1 Å². The van der Waals surface area contributed by atoms with Gasteiger partial charge in [0, 0.05) is 24.4 Å². The molecule has 2 amide bonds. The molecule has 2 aromatic carbocycles.